The molecule has 0 aliphatic rings. The van der Waals surface area contributed by atoms with Gasteiger partial charge >= 0.3 is 12.1 Å². The van der Waals surface area contributed by atoms with Crippen LogP contribution < -0.4 is 16.8 Å². The van der Waals surface area contributed by atoms with E-state index >= 15 is 0 Å². The predicted molar refractivity (Wildman–Crippen MR) is 88.9 cm³/mol. The van der Waals surface area contributed by atoms with Gasteiger partial charge in [-0.05, 0) is 19.3 Å². The summed E-state index contributed by atoms with van der Waals surface area (Å²) in [5.41, 5.74) is 11.2. The van der Waals surface area contributed by atoms with E-state index in [-0.39, 0.29) is 47.8 Å². The topological polar surface area (TPSA) is 195 Å². The number of hydrogen-bond donors (Lipinski definition) is 4. The van der Waals surface area contributed by atoms with Crippen LogP contribution >= 0.6 is 0 Å². The van der Waals surface area contributed by atoms with Gasteiger partial charge in [0, 0.05) is 19.4 Å². The van der Waals surface area contributed by atoms with Gasteiger partial charge in [-0.15, -0.1) is 0 Å². The summed E-state index contributed by atoms with van der Waals surface area (Å²) in [4.78, 5) is 58.3. The number of nitrogens with two attached hydrogens (primary N) is 2. The number of ketones is 1. The van der Waals surface area contributed by atoms with Crippen molar-refractivity contribution in [3.63, 3.8) is 0 Å². The molecule has 0 unspecified atom stereocenters. The third kappa shape index (κ3) is 7.97. The Kier molecular flexibility index (Phi) is 10.5. The smallest absolute Gasteiger partial charge is 0.373 e. The van der Waals surface area contributed by atoms with E-state index in [2.05, 4.69) is 15.3 Å². The molecule has 26 heavy (non-hydrogen) atoms. The summed E-state index contributed by atoms with van der Waals surface area (Å²) in [5, 5.41) is 11.1. The van der Waals surface area contributed by atoms with Gasteiger partial charge in [-0.25, -0.2) is 9.97 Å². The summed E-state index contributed by atoms with van der Waals surface area (Å²) in [7, 11) is 0. The number of aliphatic carboxylic acids is 1. The number of carbonyl (C=O) groups is 3. The van der Waals surface area contributed by atoms with Crippen LogP contribution in [-0.4, -0.2) is 45.4 Å². The summed E-state index contributed by atoms with van der Waals surface area (Å²) in [5.74, 6) is -2.12. The number of Topliss-reactive ketones (excluding diaryl/α,β-unsaturated/α-hetero) is 1. The fourth-order valence-corrected chi connectivity index (χ4v) is 1.84. The lowest BCUT2D eigenvalue weighted by Crippen LogP contribution is -2.27. The number of carboxylic acid groups (broad SMARTS) is 1. The maximum atomic E-state index is 12.0. The Balaban J connectivity index is 0.00000194. The van der Waals surface area contributed by atoms with Gasteiger partial charge in [0.05, 0.1) is 0 Å². The fourth-order valence-electron chi connectivity index (χ4n) is 1.84. The number of nitrogen functional groups attached to an aromatic ring is 2. The SMILES string of the molecule is CCCNC(=O)c1nc(N)c(C(=O)CCCCC(=O)O)nc1N.O=C=O. The zero-order chi connectivity index (χ0) is 20.1. The number of nitrogens with one attached hydrogen (secondary N) is 1. The summed E-state index contributed by atoms with van der Waals surface area (Å²) < 4.78 is 0. The van der Waals surface area contributed by atoms with Crippen LogP contribution in [-0.2, 0) is 14.4 Å². The largest absolute Gasteiger partial charge is 0.481 e. The van der Waals surface area contributed by atoms with E-state index in [9.17, 15) is 14.4 Å². The summed E-state index contributed by atoms with van der Waals surface area (Å²) in [6, 6.07) is 0. The van der Waals surface area contributed by atoms with Crippen LogP contribution in [0.1, 0.15) is 60.0 Å². The van der Waals surface area contributed by atoms with Gasteiger partial charge in [-0.1, -0.05) is 6.92 Å². The minimum absolute atomic E-state index is 0.00683. The molecular formula is C15H21N5O6. The highest BCUT2D eigenvalue weighted by atomic mass is 16.4. The molecule has 1 aromatic rings. The molecule has 0 radical (unpaired) electrons. The number of hydrogen-bond acceptors (Lipinski definition) is 9. The van der Waals surface area contributed by atoms with Gasteiger partial charge in [0.25, 0.3) is 5.91 Å². The predicted octanol–water partition coefficient (Wildman–Crippen LogP) is 0.0250. The molecule has 0 aliphatic heterocycles. The van der Waals surface area contributed by atoms with Gasteiger partial charge in [-0.3, -0.25) is 14.4 Å². The van der Waals surface area contributed by atoms with Gasteiger partial charge in [0.15, 0.2) is 28.8 Å². The summed E-state index contributed by atoms with van der Waals surface area (Å²) >= 11 is 0. The molecule has 1 rings (SSSR count). The third-order valence-electron chi connectivity index (χ3n) is 3.01. The molecule has 0 spiro atoms. The summed E-state index contributed by atoms with van der Waals surface area (Å²) in [6.45, 7) is 2.36. The first-order valence-electron chi connectivity index (χ1n) is 7.73. The first-order chi connectivity index (χ1) is 12.3. The second-order valence-electron chi connectivity index (χ2n) is 5.05. The molecule has 0 saturated carbocycles. The average molecular weight is 367 g/mol. The van der Waals surface area contributed by atoms with E-state index < -0.39 is 11.9 Å². The zero-order valence-corrected chi connectivity index (χ0v) is 14.3. The van der Waals surface area contributed by atoms with Crippen molar-refractivity contribution < 1.29 is 29.1 Å². The van der Waals surface area contributed by atoms with Crippen molar-refractivity contribution in [3.05, 3.63) is 11.4 Å². The van der Waals surface area contributed by atoms with Crippen LogP contribution in [0.15, 0.2) is 0 Å². The monoisotopic (exact) mass is 367 g/mol. The normalized spacial score (nSPS) is 9.42. The molecule has 1 amide bonds. The van der Waals surface area contributed by atoms with Crippen molar-refractivity contribution in [1.29, 1.82) is 0 Å². The number of carboxylic acids is 1. The first kappa shape index (κ1) is 22.7. The molecule has 11 nitrogen and oxygen atoms in total. The average Bonchev–Trinajstić information content (AvgIpc) is 2.58. The minimum atomic E-state index is -0.913. The lowest BCUT2D eigenvalue weighted by atomic mass is 10.1. The highest BCUT2D eigenvalue weighted by Gasteiger charge is 2.19. The van der Waals surface area contributed by atoms with Crippen LogP contribution in [0.25, 0.3) is 0 Å². The molecule has 0 aliphatic carbocycles. The molecule has 6 N–H and O–H groups in total. The Morgan fingerprint density at radius 1 is 1.04 bits per heavy atom. The van der Waals surface area contributed by atoms with Crippen LogP contribution in [0.4, 0.5) is 11.6 Å². The van der Waals surface area contributed by atoms with E-state index in [0.29, 0.717) is 19.4 Å². The Hall–Kier alpha value is -3.33. The van der Waals surface area contributed by atoms with E-state index in [1.54, 1.807) is 0 Å². The van der Waals surface area contributed by atoms with Gasteiger partial charge in [-0.2, -0.15) is 9.59 Å². The quantitative estimate of drug-likeness (QED) is 0.341. The highest BCUT2D eigenvalue weighted by Crippen LogP contribution is 2.16. The van der Waals surface area contributed by atoms with E-state index in [0.717, 1.165) is 6.42 Å². The maximum absolute atomic E-state index is 12.0. The number of nitrogens with zero attached hydrogens (tertiary/aromatic N) is 2. The standard InChI is InChI=1S/C14H21N5O4.CO2/c1-2-7-17-14(23)11-13(16)18-10(12(15)19-11)8(20)5-3-4-6-9(21)22;2-1-3/h2-7H2,1H3,(H2,15,19)(H2,16,18)(H,17,23)(H,21,22);. The number of aromatic nitrogens is 2. The Bertz CT molecular complexity index is 685. The van der Waals surface area contributed by atoms with Crippen LogP contribution in [0.3, 0.4) is 0 Å². The number of carbonyl (C=O) groups excluding carboxylic acids is 4. The lowest BCUT2D eigenvalue weighted by molar-refractivity contribution is -0.191. The van der Waals surface area contributed by atoms with Crippen molar-refractivity contribution in [3.8, 4) is 0 Å². The molecular weight excluding hydrogens is 346 g/mol. The van der Waals surface area contributed by atoms with Crippen molar-refractivity contribution in [1.82, 2.24) is 15.3 Å². The van der Waals surface area contributed by atoms with Crippen molar-refractivity contribution in [2.24, 2.45) is 0 Å². The first-order valence-corrected chi connectivity index (χ1v) is 7.73. The molecule has 0 saturated heterocycles. The second kappa shape index (κ2) is 12.1. The Labute approximate surface area is 149 Å². The Morgan fingerprint density at radius 2 is 1.54 bits per heavy atom. The molecule has 0 fully saturated rings. The Morgan fingerprint density at radius 3 is 2.08 bits per heavy atom. The number of amides is 1. The fraction of sp³-hybridized carbons (Fsp3) is 0.467. The van der Waals surface area contributed by atoms with Crippen LogP contribution in [0.2, 0.25) is 0 Å². The molecule has 0 atom stereocenters. The van der Waals surface area contributed by atoms with E-state index in [1.807, 2.05) is 6.92 Å². The molecule has 1 heterocycles. The molecule has 1 aromatic heterocycles. The lowest BCUT2D eigenvalue weighted by Gasteiger charge is -2.09. The maximum Gasteiger partial charge on any atom is 0.373 e. The van der Waals surface area contributed by atoms with E-state index in [1.165, 1.54) is 0 Å². The summed E-state index contributed by atoms with van der Waals surface area (Å²) in [6.07, 6.45) is 1.86. The second-order valence-corrected chi connectivity index (χ2v) is 5.05. The zero-order valence-electron chi connectivity index (χ0n) is 14.3. The third-order valence-corrected chi connectivity index (χ3v) is 3.01. The van der Waals surface area contributed by atoms with Gasteiger partial charge in [0.1, 0.15) is 0 Å². The number of anilines is 2. The van der Waals surface area contributed by atoms with Crippen molar-refractivity contribution in [2.75, 3.05) is 18.0 Å². The number of unbranched alkanes of at least 4 members (excludes halogenated alkanes) is 1. The molecule has 11 heteroatoms. The van der Waals surface area contributed by atoms with E-state index in [4.69, 9.17) is 26.2 Å². The van der Waals surface area contributed by atoms with Crippen molar-refractivity contribution in [2.45, 2.75) is 39.0 Å². The molecule has 0 aromatic carbocycles. The van der Waals surface area contributed by atoms with Gasteiger partial charge in [0.2, 0.25) is 0 Å². The number of rotatable bonds is 9. The molecule has 142 valence electrons. The van der Waals surface area contributed by atoms with Crippen molar-refractivity contribution >= 4 is 35.4 Å². The minimum Gasteiger partial charge on any atom is -0.481 e. The van der Waals surface area contributed by atoms with Crippen LogP contribution in [0, 0.1) is 0 Å². The van der Waals surface area contributed by atoms with Crippen LogP contribution in [0.5, 0.6) is 0 Å². The van der Waals surface area contributed by atoms with Gasteiger partial charge < -0.3 is 21.9 Å². The highest BCUT2D eigenvalue weighted by molar-refractivity contribution is 6.01. The molecule has 0 bridgehead atoms.